The van der Waals surface area contributed by atoms with Crippen LogP contribution in [0.3, 0.4) is 0 Å². The maximum atomic E-state index is 12.3. The predicted octanol–water partition coefficient (Wildman–Crippen LogP) is 4.58. The fourth-order valence-corrected chi connectivity index (χ4v) is 1.76. The van der Waals surface area contributed by atoms with Gasteiger partial charge in [0.2, 0.25) is 0 Å². The Labute approximate surface area is 144 Å². The van der Waals surface area contributed by atoms with E-state index >= 15 is 0 Å². The number of hydrogen-bond donors (Lipinski definition) is 2. The molecule has 0 aliphatic carbocycles. The number of hydrogen-bond acceptors (Lipinski definition) is 4. The quantitative estimate of drug-likeness (QED) is 0.560. The molecule has 2 N–H and O–H groups in total. The van der Waals surface area contributed by atoms with Crippen LogP contribution in [0.5, 0.6) is 0 Å². The number of rotatable bonds is 6. The zero-order chi connectivity index (χ0) is 20.1. The number of benzene rings is 1. The number of anilines is 2. The van der Waals surface area contributed by atoms with Crippen molar-refractivity contribution in [2.75, 3.05) is 10.6 Å². The van der Waals surface area contributed by atoms with Gasteiger partial charge >= 0.3 is 12.4 Å². The molecule has 0 bridgehead atoms. The number of allylic oxidation sites excluding steroid dienone is 4. The number of carbonyl (C=O) groups is 2. The molecule has 0 amide bonds. The number of ketones is 2. The number of alkyl halides is 6. The average Bonchev–Trinajstić information content (AvgIpc) is 2.47. The van der Waals surface area contributed by atoms with Gasteiger partial charge in [0.05, 0.1) is 11.4 Å². The predicted molar refractivity (Wildman–Crippen MR) is 83.3 cm³/mol. The Hall–Kier alpha value is -2.78. The van der Waals surface area contributed by atoms with Crippen LogP contribution in [0.15, 0.2) is 47.8 Å². The summed E-state index contributed by atoms with van der Waals surface area (Å²) in [6, 6.07) is 5.89. The van der Waals surface area contributed by atoms with Gasteiger partial charge in [0, 0.05) is 23.5 Å². The molecule has 0 atom stereocenters. The van der Waals surface area contributed by atoms with Gasteiger partial charge in [-0.05, 0) is 26.0 Å². The second kappa shape index (κ2) is 8.07. The summed E-state index contributed by atoms with van der Waals surface area (Å²) < 4.78 is 73.5. The average molecular weight is 380 g/mol. The minimum Gasteiger partial charge on any atom is -0.357 e. The molecule has 1 rings (SSSR count). The van der Waals surface area contributed by atoms with Crippen LogP contribution in [-0.2, 0) is 9.59 Å². The van der Waals surface area contributed by atoms with E-state index in [-0.39, 0.29) is 22.8 Å². The van der Waals surface area contributed by atoms with E-state index in [4.69, 9.17) is 0 Å². The third kappa shape index (κ3) is 6.61. The zero-order valence-corrected chi connectivity index (χ0v) is 13.5. The molecule has 0 spiro atoms. The summed E-state index contributed by atoms with van der Waals surface area (Å²) >= 11 is 0. The highest BCUT2D eigenvalue weighted by Gasteiger charge is 2.37. The van der Waals surface area contributed by atoms with E-state index < -0.39 is 23.9 Å². The van der Waals surface area contributed by atoms with Gasteiger partial charge in [0.1, 0.15) is 0 Å². The fraction of sp³-hybridized carbons (Fsp3) is 0.250. The highest BCUT2D eigenvalue weighted by Crippen LogP contribution is 2.25. The number of nitrogens with one attached hydrogen (secondary N) is 2. The summed E-state index contributed by atoms with van der Waals surface area (Å²) in [4.78, 5) is 21.9. The molecule has 0 fully saturated rings. The lowest BCUT2D eigenvalue weighted by molar-refractivity contribution is -0.165. The van der Waals surface area contributed by atoms with E-state index in [1.54, 1.807) is 0 Å². The first kappa shape index (κ1) is 21.3. The summed E-state index contributed by atoms with van der Waals surface area (Å²) in [5.74, 6) is -4.11. The largest absolute Gasteiger partial charge is 0.454 e. The van der Waals surface area contributed by atoms with Gasteiger partial charge < -0.3 is 10.6 Å². The maximum absolute atomic E-state index is 12.3. The van der Waals surface area contributed by atoms with Crippen molar-refractivity contribution in [1.82, 2.24) is 0 Å². The lowest BCUT2D eigenvalue weighted by atomic mass is 10.2. The zero-order valence-electron chi connectivity index (χ0n) is 13.5. The topological polar surface area (TPSA) is 58.2 Å². The fourth-order valence-electron chi connectivity index (χ4n) is 1.76. The minimum absolute atomic E-state index is 0.130. The van der Waals surface area contributed by atoms with E-state index in [0.29, 0.717) is 12.2 Å². The standard InChI is InChI=1S/C16H14F6N2O2/c1-9(7-13(25)15(17,18)19)23-11-5-3-4-6-12(11)24-10(2)8-14(26)16(20,21)22/h3-8,23-24H,1-2H3. The van der Waals surface area contributed by atoms with Gasteiger partial charge in [0.15, 0.2) is 0 Å². The van der Waals surface area contributed by atoms with Crippen LogP contribution in [0, 0.1) is 0 Å². The third-order valence-electron chi connectivity index (χ3n) is 2.84. The van der Waals surface area contributed by atoms with E-state index in [1.807, 2.05) is 0 Å². The van der Waals surface area contributed by atoms with E-state index in [0.717, 1.165) is 0 Å². The number of para-hydroxylation sites is 2. The van der Waals surface area contributed by atoms with Crippen molar-refractivity contribution in [1.29, 1.82) is 0 Å². The van der Waals surface area contributed by atoms with Crippen LogP contribution in [0.4, 0.5) is 37.7 Å². The van der Waals surface area contributed by atoms with E-state index in [9.17, 15) is 35.9 Å². The molecule has 10 heteroatoms. The van der Waals surface area contributed by atoms with Crippen molar-refractivity contribution in [2.45, 2.75) is 26.2 Å². The molecule has 0 saturated carbocycles. The highest BCUT2D eigenvalue weighted by atomic mass is 19.4. The molecule has 0 heterocycles. The van der Waals surface area contributed by atoms with Crippen LogP contribution >= 0.6 is 0 Å². The van der Waals surface area contributed by atoms with Crippen LogP contribution in [0.25, 0.3) is 0 Å². The summed E-state index contributed by atoms with van der Waals surface area (Å²) in [6.45, 7) is 2.44. The Balaban J connectivity index is 2.99. The minimum atomic E-state index is -5.02. The van der Waals surface area contributed by atoms with Crippen molar-refractivity contribution >= 4 is 22.9 Å². The Bertz CT molecular complexity index is 685. The molecule has 0 aliphatic rings. The molecule has 4 nitrogen and oxygen atoms in total. The molecule has 0 aromatic heterocycles. The van der Waals surface area contributed by atoms with Crippen LogP contribution in [0.2, 0.25) is 0 Å². The third-order valence-corrected chi connectivity index (χ3v) is 2.84. The molecule has 1 aromatic carbocycles. The van der Waals surface area contributed by atoms with Gasteiger partial charge in [-0.1, -0.05) is 12.1 Å². The first-order chi connectivity index (χ1) is 11.8. The highest BCUT2D eigenvalue weighted by molar-refractivity contribution is 5.96. The normalized spacial score (nSPS) is 13.4. The van der Waals surface area contributed by atoms with Crippen molar-refractivity contribution in [3.63, 3.8) is 0 Å². The lowest BCUT2D eigenvalue weighted by Crippen LogP contribution is -2.21. The number of carbonyl (C=O) groups excluding carboxylic acids is 2. The van der Waals surface area contributed by atoms with Crippen molar-refractivity contribution in [3.8, 4) is 0 Å². The van der Waals surface area contributed by atoms with Crippen LogP contribution < -0.4 is 10.6 Å². The van der Waals surface area contributed by atoms with Crippen molar-refractivity contribution in [3.05, 3.63) is 47.8 Å². The first-order valence-electron chi connectivity index (χ1n) is 7.02. The molecule has 0 unspecified atom stereocenters. The van der Waals surface area contributed by atoms with Crippen LogP contribution in [-0.4, -0.2) is 23.9 Å². The monoisotopic (exact) mass is 380 g/mol. The van der Waals surface area contributed by atoms with Crippen molar-refractivity contribution < 1.29 is 35.9 Å². The molecule has 0 aliphatic heterocycles. The molecular formula is C16H14F6N2O2. The summed E-state index contributed by atoms with van der Waals surface area (Å²) in [5.41, 5.74) is 0.135. The Kier molecular flexibility index (Phi) is 6.60. The van der Waals surface area contributed by atoms with Gasteiger partial charge in [-0.25, -0.2) is 0 Å². The maximum Gasteiger partial charge on any atom is 0.454 e. The Morgan fingerprint density at radius 3 is 1.35 bits per heavy atom. The molecule has 0 radical (unpaired) electrons. The molecule has 0 saturated heterocycles. The van der Waals surface area contributed by atoms with Crippen LogP contribution in [0.1, 0.15) is 13.8 Å². The van der Waals surface area contributed by atoms with Gasteiger partial charge in [0.25, 0.3) is 11.6 Å². The van der Waals surface area contributed by atoms with Gasteiger partial charge in [-0.3, -0.25) is 9.59 Å². The molecule has 142 valence electrons. The molecular weight excluding hydrogens is 366 g/mol. The molecule has 26 heavy (non-hydrogen) atoms. The first-order valence-corrected chi connectivity index (χ1v) is 7.02. The summed E-state index contributed by atoms with van der Waals surface area (Å²) in [5, 5.41) is 5.09. The SMILES string of the molecule is CC(=CC(=O)C(F)(F)F)Nc1ccccc1NC(C)=CC(=O)C(F)(F)F. The lowest BCUT2D eigenvalue weighted by Gasteiger charge is -2.15. The smallest absolute Gasteiger partial charge is 0.357 e. The van der Waals surface area contributed by atoms with Crippen molar-refractivity contribution in [2.24, 2.45) is 0 Å². The van der Waals surface area contributed by atoms with Gasteiger partial charge in [-0.2, -0.15) is 26.3 Å². The second-order valence-corrected chi connectivity index (χ2v) is 5.17. The summed E-state index contributed by atoms with van der Waals surface area (Å²) in [6.07, 6.45) is -9.32. The molecule has 1 aromatic rings. The van der Waals surface area contributed by atoms with E-state index in [2.05, 4.69) is 10.6 Å². The Morgan fingerprint density at radius 2 is 1.08 bits per heavy atom. The second-order valence-electron chi connectivity index (χ2n) is 5.17. The number of halogens is 6. The van der Waals surface area contributed by atoms with Gasteiger partial charge in [-0.15, -0.1) is 0 Å². The van der Waals surface area contributed by atoms with E-state index in [1.165, 1.54) is 38.1 Å². The summed E-state index contributed by atoms with van der Waals surface area (Å²) in [7, 11) is 0. The Morgan fingerprint density at radius 1 is 0.769 bits per heavy atom.